The molecule has 1 saturated heterocycles. The van der Waals surface area contributed by atoms with E-state index in [1.165, 1.54) is 6.07 Å². The summed E-state index contributed by atoms with van der Waals surface area (Å²) in [6.45, 7) is 2.80. The number of halogens is 3. The number of likely N-dealkylation sites (tertiary alicyclic amines) is 1. The third kappa shape index (κ3) is 5.18. The highest BCUT2D eigenvalue weighted by atomic mass is 127. The largest absolute Gasteiger partial charge is 0.493 e. The number of ether oxygens (including phenoxy) is 1. The average Bonchev–Trinajstić information content (AvgIpc) is 3.25. The van der Waals surface area contributed by atoms with Crippen molar-refractivity contribution < 1.29 is 9.13 Å². The zero-order chi connectivity index (χ0) is 20.2. The summed E-state index contributed by atoms with van der Waals surface area (Å²) in [4.78, 5) is 6.81. The summed E-state index contributed by atoms with van der Waals surface area (Å²) in [5.74, 6) is 0.926. The van der Waals surface area contributed by atoms with Crippen molar-refractivity contribution in [2.24, 2.45) is 10.7 Å². The van der Waals surface area contributed by atoms with Gasteiger partial charge in [0.25, 0.3) is 0 Å². The summed E-state index contributed by atoms with van der Waals surface area (Å²) in [5.41, 5.74) is 7.79. The fraction of sp³-hybridized carbons (Fsp3) is 0.409. The van der Waals surface area contributed by atoms with Gasteiger partial charge in [-0.25, -0.2) is 4.39 Å². The zero-order valence-electron chi connectivity index (χ0n) is 16.7. The van der Waals surface area contributed by atoms with Crippen LogP contribution in [-0.2, 0) is 0 Å². The summed E-state index contributed by atoms with van der Waals surface area (Å²) in [6.07, 6.45) is 3.00. The van der Waals surface area contributed by atoms with Crippen LogP contribution in [0.5, 0.6) is 5.75 Å². The van der Waals surface area contributed by atoms with E-state index in [0.717, 1.165) is 43.7 Å². The van der Waals surface area contributed by atoms with Gasteiger partial charge >= 0.3 is 0 Å². The van der Waals surface area contributed by atoms with Crippen molar-refractivity contribution in [1.29, 1.82) is 0 Å². The van der Waals surface area contributed by atoms with Gasteiger partial charge in [0.2, 0.25) is 0 Å². The molecule has 2 aromatic rings. The van der Waals surface area contributed by atoms with Crippen LogP contribution in [0.3, 0.4) is 0 Å². The molecule has 4 rings (SSSR count). The number of guanidine groups is 1. The Bertz CT molecular complexity index is 871. The molecule has 0 spiro atoms. The molecule has 0 radical (unpaired) electrons. The smallest absolute Gasteiger partial charge is 0.189 e. The monoisotopic (exact) mass is 544 g/mol. The standard InChI is InChI=1S/C22H26ClFN4O.HI/c23-16-7-5-8-17(24)21(16)19(28-11-3-4-12-28)14-26-22(25)27-18-10-13-29-20-9-2-1-6-15(18)20;/h1-2,5-9,18-19H,3-4,10-14H2,(H3,25,26,27);1H. The average molecular weight is 545 g/mol. The van der Waals surface area contributed by atoms with E-state index < -0.39 is 0 Å². The first-order chi connectivity index (χ1) is 14.1. The Kier molecular flexibility index (Phi) is 8.19. The topological polar surface area (TPSA) is 62.9 Å². The summed E-state index contributed by atoms with van der Waals surface area (Å²) >= 11 is 6.35. The molecule has 162 valence electrons. The van der Waals surface area contributed by atoms with Crippen molar-refractivity contribution in [2.75, 3.05) is 26.2 Å². The number of nitrogens with two attached hydrogens (primary N) is 1. The van der Waals surface area contributed by atoms with Crippen molar-refractivity contribution in [1.82, 2.24) is 10.2 Å². The molecule has 2 aliphatic rings. The molecule has 5 nitrogen and oxygen atoms in total. The van der Waals surface area contributed by atoms with Gasteiger partial charge in [-0.05, 0) is 44.1 Å². The van der Waals surface area contributed by atoms with Crippen LogP contribution in [0.1, 0.15) is 42.5 Å². The van der Waals surface area contributed by atoms with Crippen LogP contribution in [0.25, 0.3) is 0 Å². The van der Waals surface area contributed by atoms with E-state index >= 15 is 0 Å². The van der Waals surface area contributed by atoms with Gasteiger partial charge < -0.3 is 15.8 Å². The first-order valence-electron chi connectivity index (χ1n) is 10.1. The van der Waals surface area contributed by atoms with E-state index in [0.29, 0.717) is 29.7 Å². The number of hydrogen-bond donors (Lipinski definition) is 2. The second kappa shape index (κ2) is 10.6. The van der Waals surface area contributed by atoms with Gasteiger partial charge in [0.05, 0.1) is 25.2 Å². The lowest BCUT2D eigenvalue weighted by Crippen LogP contribution is -2.38. The maximum absolute atomic E-state index is 14.6. The molecular formula is C22H27ClFIN4O. The molecule has 0 aliphatic carbocycles. The van der Waals surface area contributed by atoms with Crippen molar-refractivity contribution in [3.63, 3.8) is 0 Å². The lowest BCUT2D eigenvalue weighted by atomic mass is 10.0. The van der Waals surface area contributed by atoms with E-state index in [-0.39, 0.29) is 41.9 Å². The predicted molar refractivity (Wildman–Crippen MR) is 129 cm³/mol. The van der Waals surface area contributed by atoms with Crippen molar-refractivity contribution in [3.8, 4) is 5.75 Å². The van der Waals surface area contributed by atoms with E-state index in [4.69, 9.17) is 22.1 Å². The molecular weight excluding hydrogens is 518 g/mol. The molecule has 0 saturated carbocycles. The third-order valence-corrected chi connectivity index (χ3v) is 5.96. The maximum atomic E-state index is 14.6. The van der Waals surface area contributed by atoms with Crippen LogP contribution >= 0.6 is 35.6 Å². The Hall–Kier alpha value is -1.58. The van der Waals surface area contributed by atoms with Crippen LogP contribution in [-0.4, -0.2) is 37.1 Å². The minimum atomic E-state index is -0.297. The van der Waals surface area contributed by atoms with E-state index in [2.05, 4.69) is 15.2 Å². The molecule has 30 heavy (non-hydrogen) atoms. The van der Waals surface area contributed by atoms with E-state index in [1.807, 2.05) is 24.3 Å². The summed E-state index contributed by atoms with van der Waals surface area (Å²) in [6, 6.07) is 12.6. The molecule has 2 aliphatic heterocycles. The highest BCUT2D eigenvalue weighted by Crippen LogP contribution is 2.33. The van der Waals surface area contributed by atoms with Crippen LogP contribution in [0.2, 0.25) is 5.02 Å². The van der Waals surface area contributed by atoms with E-state index in [9.17, 15) is 4.39 Å². The van der Waals surface area contributed by atoms with Gasteiger partial charge in [0.15, 0.2) is 5.96 Å². The number of aliphatic imine (C=N–C) groups is 1. The SMILES string of the molecule is I.NC(=NCC(c1c(F)cccc1Cl)N1CCCC1)NC1CCOc2ccccc21. The van der Waals surface area contributed by atoms with Crippen molar-refractivity contribution >= 4 is 41.5 Å². The highest BCUT2D eigenvalue weighted by molar-refractivity contribution is 14.0. The number of para-hydroxylation sites is 1. The van der Waals surface area contributed by atoms with Crippen LogP contribution in [0.15, 0.2) is 47.5 Å². The highest BCUT2D eigenvalue weighted by Gasteiger charge is 2.28. The number of fused-ring (bicyclic) bond motifs is 1. The Morgan fingerprint density at radius 1 is 1.23 bits per heavy atom. The van der Waals surface area contributed by atoms with Gasteiger partial charge in [-0.1, -0.05) is 35.9 Å². The molecule has 0 aromatic heterocycles. The molecule has 2 heterocycles. The lowest BCUT2D eigenvalue weighted by Gasteiger charge is -2.29. The minimum Gasteiger partial charge on any atom is -0.493 e. The number of hydrogen-bond acceptors (Lipinski definition) is 3. The number of nitrogens with zero attached hydrogens (tertiary/aromatic N) is 2. The van der Waals surface area contributed by atoms with Gasteiger partial charge in [-0.2, -0.15) is 0 Å². The van der Waals surface area contributed by atoms with Crippen LogP contribution in [0.4, 0.5) is 4.39 Å². The second-order valence-corrected chi connectivity index (χ2v) is 7.90. The summed E-state index contributed by atoms with van der Waals surface area (Å²) in [5, 5.41) is 3.74. The van der Waals surface area contributed by atoms with Crippen LogP contribution in [0, 0.1) is 5.82 Å². The van der Waals surface area contributed by atoms with E-state index in [1.54, 1.807) is 12.1 Å². The lowest BCUT2D eigenvalue weighted by molar-refractivity contribution is 0.246. The number of rotatable bonds is 5. The molecule has 2 atom stereocenters. The number of benzene rings is 2. The quantitative estimate of drug-likeness (QED) is 0.327. The molecule has 0 amide bonds. The molecule has 2 aromatic carbocycles. The third-order valence-electron chi connectivity index (χ3n) is 5.63. The molecule has 0 bridgehead atoms. The zero-order valence-corrected chi connectivity index (χ0v) is 19.8. The molecule has 8 heteroatoms. The fourth-order valence-electron chi connectivity index (χ4n) is 4.17. The van der Waals surface area contributed by atoms with Gasteiger partial charge in [0.1, 0.15) is 11.6 Å². The molecule has 3 N–H and O–H groups in total. The van der Waals surface area contributed by atoms with Crippen LogP contribution < -0.4 is 15.8 Å². The normalized spacial score (nSPS) is 20.1. The Labute approximate surface area is 198 Å². The predicted octanol–water partition coefficient (Wildman–Crippen LogP) is 4.66. The maximum Gasteiger partial charge on any atom is 0.189 e. The molecule has 2 unspecified atom stereocenters. The Morgan fingerprint density at radius 2 is 2.00 bits per heavy atom. The Morgan fingerprint density at radius 3 is 2.77 bits per heavy atom. The minimum absolute atomic E-state index is 0. The first-order valence-corrected chi connectivity index (χ1v) is 10.5. The van der Waals surface area contributed by atoms with Gasteiger partial charge in [-0.3, -0.25) is 9.89 Å². The first kappa shape index (κ1) is 23.1. The summed E-state index contributed by atoms with van der Waals surface area (Å²) < 4.78 is 20.3. The van der Waals surface area contributed by atoms with Crippen molar-refractivity contribution in [3.05, 3.63) is 64.4 Å². The van der Waals surface area contributed by atoms with Gasteiger partial charge in [-0.15, -0.1) is 24.0 Å². The Balaban J connectivity index is 0.00000256. The summed E-state index contributed by atoms with van der Waals surface area (Å²) in [7, 11) is 0. The second-order valence-electron chi connectivity index (χ2n) is 7.49. The fourth-order valence-corrected chi connectivity index (χ4v) is 4.46. The van der Waals surface area contributed by atoms with Crippen molar-refractivity contribution in [2.45, 2.75) is 31.3 Å². The van der Waals surface area contributed by atoms with Gasteiger partial charge in [0, 0.05) is 22.6 Å². The number of nitrogens with one attached hydrogen (secondary N) is 1. The molecule has 1 fully saturated rings.